The lowest BCUT2D eigenvalue weighted by Crippen LogP contribution is -2.37. The second-order valence-electron chi connectivity index (χ2n) is 3.59. The van der Waals surface area contributed by atoms with E-state index >= 15 is 0 Å². The molecule has 1 heterocycles. The van der Waals surface area contributed by atoms with Crippen LogP contribution in [0.15, 0.2) is 42.6 Å². The highest BCUT2D eigenvalue weighted by atomic mass is 16.4. The van der Waals surface area contributed by atoms with Crippen molar-refractivity contribution in [2.24, 2.45) is 0 Å². The molecular weight excluding hydrogens is 203 g/mol. The Morgan fingerprint density at radius 3 is 2.56 bits per heavy atom. The summed E-state index contributed by atoms with van der Waals surface area (Å²) in [7, 11) is -1.46. The highest BCUT2D eigenvalue weighted by molar-refractivity contribution is 6.57. The summed E-state index contributed by atoms with van der Waals surface area (Å²) >= 11 is 0. The Balaban J connectivity index is 2.02. The van der Waals surface area contributed by atoms with Gasteiger partial charge in [0.25, 0.3) is 0 Å². The van der Waals surface area contributed by atoms with Gasteiger partial charge in [-0.15, -0.1) is 0 Å². The van der Waals surface area contributed by atoms with Crippen LogP contribution in [0.3, 0.4) is 0 Å². The Labute approximate surface area is 94.3 Å². The van der Waals surface area contributed by atoms with Gasteiger partial charge in [0.05, 0.1) is 5.59 Å². The molecule has 0 unspecified atom stereocenters. The third kappa shape index (κ3) is 2.50. The van der Waals surface area contributed by atoms with Crippen LogP contribution in [-0.4, -0.2) is 26.9 Å². The molecule has 0 saturated heterocycles. The van der Waals surface area contributed by atoms with Crippen LogP contribution in [0.25, 0.3) is 0 Å². The summed E-state index contributed by atoms with van der Waals surface area (Å²) in [5.74, 6) is 0. The van der Waals surface area contributed by atoms with Gasteiger partial charge in [0.1, 0.15) is 0 Å². The minimum Gasteiger partial charge on any atom is -0.422 e. The number of benzene rings is 1. The molecule has 1 aromatic heterocycles. The minimum atomic E-state index is -1.46. The zero-order valence-electron chi connectivity index (χ0n) is 8.82. The SMILES string of the molecule is OB(O)c1ccnn1CCc1ccccc1. The average Bonchev–Trinajstić information content (AvgIpc) is 2.76. The van der Waals surface area contributed by atoms with Gasteiger partial charge in [0.15, 0.2) is 0 Å². The molecule has 2 rings (SSSR count). The van der Waals surface area contributed by atoms with Gasteiger partial charge >= 0.3 is 7.12 Å². The van der Waals surface area contributed by atoms with Crippen LogP contribution in [0, 0.1) is 0 Å². The van der Waals surface area contributed by atoms with E-state index < -0.39 is 7.12 Å². The van der Waals surface area contributed by atoms with Crippen molar-refractivity contribution in [3.63, 3.8) is 0 Å². The highest BCUT2D eigenvalue weighted by Crippen LogP contribution is 2.00. The van der Waals surface area contributed by atoms with Gasteiger partial charge < -0.3 is 10.0 Å². The third-order valence-electron chi connectivity index (χ3n) is 2.47. The molecule has 0 spiro atoms. The van der Waals surface area contributed by atoms with Gasteiger partial charge in [0.2, 0.25) is 0 Å². The molecule has 0 aliphatic heterocycles. The zero-order chi connectivity index (χ0) is 11.4. The van der Waals surface area contributed by atoms with E-state index in [2.05, 4.69) is 5.10 Å². The van der Waals surface area contributed by atoms with E-state index in [-0.39, 0.29) is 0 Å². The topological polar surface area (TPSA) is 58.3 Å². The molecule has 82 valence electrons. The highest BCUT2D eigenvalue weighted by Gasteiger charge is 2.16. The molecule has 16 heavy (non-hydrogen) atoms. The van der Waals surface area contributed by atoms with Crippen LogP contribution >= 0.6 is 0 Å². The van der Waals surface area contributed by atoms with Crippen LogP contribution in [0.2, 0.25) is 0 Å². The van der Waals surface area contributed by atoms with Crippen molar-refractivity contribution in [1.29, 1.82) is 0 Å². The van der Waals surface area contributed by atoms with Crippen LogP contribution in [0.4, 0.5) is 0 Å². The Kier molecular flexibility index (Phi) is 3.39. The van der Waals surface area contributed by atoms with Crippen molar-refractivity contribution in [2.45, 2.75) is 13.0 Å². The van der Waals surface area contributed by atoms with E-state index in [1.807, 2.05) is 30.3 Å². The maximum Gasteiger partial charge on any atom is 0.507 e. The number of aromatic nitrogens is 2. The summed E-state index contributed by atoms with van der Waals surface area (Å²) in [4.78, 5) is 0. The van der Waals surface area contributed by atoms with Crippen LogP contribution in [0.5, 0.6) is 0 Å². The standard InChI is InChI=1S/C11H13BN2O2/c15-12(16)11-6-8-13-14(11)9-7-10-4-2-1-3-5-10/h1-6,8,15-16H,7,9H2. The minimum absolute atomic E-state index is 0.427. The van der Waals surface area contributed by atoms with Crippen LogP contribution < -0.4 is 5.59 Å². The van der Waals surface area contributed by atoms with Crippen LogP contribution in [0.1, 0.15) is 5.56 Å². The maximum atomic E-state index is 9.09. The first-order chi connectivity index (χ1) is 7.77. The van der Waals surface area contributed by atoms with Gasteiger partial charge in [-0.3, -0.25) is 4.68 Å². The first-order valence-corrected chi connectivity index (χ1v) is 5.19. The fourth-order valence-corrected chi connectivity index (χ4v) is 1.63. The number of nitrogens with zero attached hydrogens (tertiary/aromatic N) is 2. The Morgan fingerprint density at radius 2 is 1.88 bits per heavy atom. The number of aryl methyl sites for hydroxylation is 2. The molecule has 2 N–H and O–H groups in total. The predicted molar refractivity (Wildman–Crippen MR) is 62.2 cm³/mol. The van der Waals surface area contributed by atoms with Gasteiger partial charge in [-0.05, 0) is 18.1 Å². The van der Waals surface area contributed by atoms with Crippen molar-refractivity contribution >= 4 is 12.7 Å². The lowest BCUT2D eigenvalue weighted by molar-refractivity contribution is 0.419. The first-order valence-electron chi connectivity index (χ1n) is 5.19. The fourth-order valence-electron chi connectivity index (χ4n) is 1.63. The van der Waals surface area contributed by atoms with Crippen molar-refractivity contribution in [1.82, 2.24) is 9.78 Å². The maximum absolute atomic E-state index is 9.09. The molecule has 0 radical (unpaired) electrons. The van der Waals surface area contributed by atoms with Crippen molar-refractivity contribution < 1.29 is 10.0 Å². The van der Waals surface area contributed by atoms with Gasteiger partial charge in [-0.2, -0.15) is 5.10 Å². The molecule has 5 heteroatoms. The lowest BCUT2D eigenvalue weighted by Gasteiger charge is -2.06. The monoisotopic (exact) mass is 216 g/mol. The molecule has 0 saturated carbocycles. The number of hydrogen-bond acceptors (Lipinski definition) is 3. The molecule has 0 aliphatic carbocycles. The predicted octanol–water partition coefficient (Wildman–Crippen LogP) is -0.194. The van der Waals surface area contributed by atoms with E-state index in [1.165, 1.54) is 5.56 Å². The number of hydrogen-bond donors (Lipinski definition) is 2. The molecule has 0 atom stereocenters. The van der Waals surface area contributed by atoms with E-state index in [4.69, 9.17) is 10.0 Å². The summed E-state index contributed by atoms with van der Waals surface area (Å²) in [5, 5.41) is 22.2. The van der Waals surface area contributed by atoms with Gasteiger partial charge in [-0.1, -0.05) is 30.3 Å². The Hall–Kier alpha value is -1.59. The summed E-state index contributed by atoms with van der Waals surface area (Å²) in [6.07, 6.45) is 2.39. The first kappa shape index (κ1) is 10.9. The van der Waals surface area contributed by atoms with E-state index in [0.29, 0.717) is 12.1 Å². The summed E-state index contributed by atoms with van der Waals surface area (Å²) in [6, 6.07) is 11.6. The molecular formula is C11H13BN2O2. The fraction of sp³-hybridized carbons (Fsp3) is 0.182. The average molecular weight is 216 g/mol. The Morgan fingerprint density at radius 1 is 1.12 bits per heavy atom. The van der Waals surface area contributed by atoms with E-state index in [1.54, 1.807) is 16.9 Å². The molecule has 0 aliphatic rings. The summed E-state index contributed by atoms with van der Waals surface area (Å²) in [5.41, 5.74) is 1.63. The van der Waals surface area contributed by atoms with Crippen molar-refractivity contribution in [3.05, 3.63) is 48.2 Å². The van der Waals surface area contributed by atoms with Gasteiger partial charge in [-0.25, -0.2) is 0 Å². The van der Waals surface area contributed by atoms with E-state index in [9.17, 15) is 0 Å². The zero-order valence-corrected chi connectivity index (χ0v) is 8.82. The third-order valence-corrected chi connectivity index (χ3v) is 2.47. The normalized spacial score (nSPS) is 10.4. The van der Waals surface area contributed by atoms with Crippen molar-refractivity contribution in [2.75, 3.05) is 0 Å². The smallest absolute Gasteiger partial charge is 0.422 e. The number of rotatable bonds is 4. The molecule has 0 fully saturated rings. The molecule has 0 amide bonds. The Bertz CT molecular complexity index is 442. The largest absolute Gasteiger partial charge is 0.507 e. The molecule has 0 bridgehead atoms. The second-order valence-corrected chi connectivity index (χ2v) is 3.59. The summed E-state index contributed by atoms with van der Waals surface area (Å²) < 4.78 is 1.61. The van der Waals surface area contributed by atoms with Crippen LogP contribution in [-0.2, 0) is 13.0 Å². The quantitative estimate of drug-likeness (QED) is 0.696. The van der Waals surface area contributed by atoms with E-state index in [0.717, 1.165) is 6.42 Å². The molecule has 2 aromatic rings. The molecule has 4 nitrogen and oxygen atoms in total. The van der Waals surface area contributed by atoms with Crippen molar-refractivity contribution in [3.8, 4) is 0 Å². The van der Waals surface area contributed by atoms with Gasteiger partial charge in [0, 0.05) is 12.7 Å². The second kappa shape index (κ2) is 4.96. The molecule has 1 aromatic carbocycles. The summed E-state index contributed by atoms with van der Waals surface area (Å²) in [6.45, 7) is 0.643. The lowest BCUT2D eigenvalue weighted by atomic mass is 9.86.